The fraction of sp³-hybridized carbons (Fsp3) is 0.714. The summed E-state index contributed by atoms with van der Waals surface area (Å²) in [5.41, 5.74) is 1.68. The van der Waals surface area contributed by atoms with Gasteiger partial charge in [-0.05, 0) is 70.0 Å². The molecule has 1 aliphatic rings. The molecule has 0 bridgehead atoms. The molecule has 1 saturated heterocycles. The molecule has 0 saturated carbocycles. The highest BCUT2D eigenvalue weighted by Crippen LogP contribution is 2.31. The molecule has 0 spiro atoms. The van der Waals surface area contributed by atoms with Crippen molar-refractivity contribution in [1.29, 1.82) is 0 Å². The Kier molecular flexibility index (Phi) is 7.15. The van der Waals surface area contributed by atoms with E-state index in [0.29, 0.717) is 18.5 Å². The molecule has 2 amide bonds. The van der Waals surface area contributed by atoms with Crippen molar-refractivity contribution in [1.82, 2.24) is 9.80 Å². The third kappa shape index (κ3) is 6.78. The van der Waals surface area contributed by atoms with Crippen LogP contribution in [0.1, 0.15) is 57.9 Å². The van der Waals surface area contributed by atoms with Crippen molar-refractivity contribution in [3.05, 3.63) is 15.8 Å². The van der Waals surface area contributed by atoms with E-state index < -0.39 is 5.60 Å². The molecule has 0 radical (unpaired) electrons. The smallest absolute Gasteiger partial charge is 0.410 e. The average Bonchev–Trinajstić information content (AvgIpc) is 2.88. The number of carbonyl (C=O) groups excluding carboxylic acids is 2. The van der Waals surface area contributed by atoms with Gasteiger partial charge in [0.05, 0.1) is 18.8 Å². The lowest BCUT2D eigenvalue weighted by Gasteiger charge is -2.36. The Balaban J connectivity index is 1.95. The molecule has 6 nitrogen and oxygen atoms in total. The van der Waals surface area contributed by atoms with Gasteiger partial charge in [-0.25, -0.2) is 4.79 Å². The van der Waals surface area contributed by atoms with Crippen LogP contribution in [-0.2, 0) is 16.1 Å². The minimum Gasteiger partial charge on any atom is -0.444 e. The first kappa shape index (κ1) is 22.7. The maximum Gasteiger partial charge on any atom is 0.410 e. The van der Waals surface area contributed by atoms with E-state index in [1.807, 2.05) is 33.1 Å². The van der Waals surface area contributed by atoms with Crippen LogP contribution in [0.2, 0.25) is 0 Å². The lowest BCUT2D eigenvalue weighted by molar-refractivity contribution is -0.117. The van der Waals surface area contributed by atoms with Crippen LogP contribution < -0.4 is 5.32 Å². The number of rotatable bonds is 5. The third-order valence-corrected chi connectivity index (χ3v) is 6.07. The maximum atomic E-state index is 12.6. The average molecular weight is 410 g/mol. The van der Waals surface area contributed by atoms with Gasteiger partial charge in [0.2, 0.25) is 5.91 Å². The molecule has 2 rings (SSSR count). The number of ether oxygens (including phenoxy) is 1. The van der Waals surface area contributed by atoms with Gasteiger partial charge >= 0.3 is 6.09 Å². The number of thiophene rings is 1. The van der Waals surface area contributed by atoms with Gasteiger partial charge in [-0.1, -0.05) is 13.8 Å². The van der Waals surface area contributed by atoms with Crippen LogP contribution in [0.3, 0.4) is 0 Å². The Bertz CT molecular complexity index is 696. The number of hydrogen-bond donors (Lipinski definition) is 1. The van der Waals surface area contributed by atoms with Gasteiger partial charge in [0.25, 0.3) is 0 Å². The Morgan fingerprint density at radius 1 is 1.29 bits per heavy atom. The number of amides is 2. The van der Waals surface area contributed by atoms with Crippen LogP contribution in [0.15, 0.2) is 5.38 Å². The quantitative estimate of drug-likeness (QED) is 0.779. The van der Waals surface area contributed by atoms with Gasteiger partial charge in [-0.2, -0.15) is 0 Å². The highest BCUT2D eigenvalue weighted by molar-refractivity contribution is 7.10. The topological polar surface area (TPSA) is 61.9 Å². The molecule has 0 aromatic carbocycles. The van der Waals surface area contributed by atoms with Crippen molar-refractivity contribution in [3.63, 3.8) is 0 Å². The van der Waals surface area contributed by atoms with Crippen LogP contribution in [0, 0.1) is 12.3 Å². The first-order chi connectivity index (χ1) is 12.9. The number of piperidine rings is 1. The predicted molar refractivity (Wildman–Crippen MR) is 115 cm³/mol. The lowest BCUT2D eigenvalue weighted by Crippen LogP contribution is -2.41. The molecule has 28 heavy (non-hydrogen) atoms. The van der Waals surface area contributed by atoms with Crippen molar-refractivity contribution in [3.8, 4) is 0 Å². The van der Waals surface area contributed by atoms with E-state index >= 15 is 0 Å². The zero-order valence-corrected chi connectivity index (χ0v) is 19.2. The van der Waals surface area contributed by atoms with Crippen LogP contribution in [0.5, 0.6) is 0 Å². The van der Waals surface area contributed by atoms with Crippen LogP contribution in [0.4, 0.5) is 10.5 Å². The Morgan fingerprint density at radius 3 is 2.46 bits per heavy atom. The van der Waals surface area contributed by atoms with Crippen molar-refractivity contribution >= 4 is 29.0 Å². The maximum absolute atomic E-state index is 12.6. The molecule has 1 aromatic rings. The van der Waals surface area contributed by atoms with E-state index in [4.69, 9.17) is 4.74 Å². The third-order valence-electron chi connectivity index (χ3n) is 4.98. The zero-order chi connectivity index (χ0) is 21.1. The van der Waals surface area contributed by atoms with Crippen molar-refractivity contribution in [2.75, 3.05) is 32.0 Å². The van der Waals surface area contributed by atoms with Crippen LogP contribution in [0.25, 0.3) is 0 Å². The molecule has 0 unspecified atom stereocenters. The molecule has 7 heteroatoms. The van der Waals surface area contributed by atoms with Gasteiger partial charge in [0, 0.05) is 11.9 Å². The first-order valence-electron chi connectivity index (χ1n) is 9.89. The Labute approximate surface area is 173 Å². The second-order valence-corrected chi connectivity index (χ2v) is 10.5. The summed E-state index contributed by atoms with van der Waals surface area (Å²) in [6.45, 7) is 14.8. The van der Waals surface area contributed by atoms with E-state index in [1.54, 1.807) is 23.3 Å². The number of anilines is 1. The van der Waals surface area contributed by atoms with E-state index in [9.17, 15) is 9.59 Å². The van der Waals surface area contributed by atoms with E-state index in [-0.39, 0.29) is 12.0 Å². The summed E-state index contributed by atoms with van der Waals surface area (Å²) in [7, 11) is 1.71. The predicted octanol–water partition coefficient (Wildman–Crippen LogP) is 4.48. The number of hydrogen-bond acceptors (Lipinski definition) is 5. The summed E-state index contributed by atoms with van der Waals surface area (Å²) < 4.78 is 5.41. The van der Waals surface area contributed by atoms with Crippen LogP contribution in [-0.4, -0.2) is 54.1 Å². The highest BCUT2D eigenvalue weighted by Gasteiger charge is 2.27. The molecular formula is C21H35N3O3S. The van der Waals surface area contributed by atoms with Gasteiger partial charge in [0.15, 0.2) is 0 Å². The Morgan fingerprint density at radius 2 is 1.89 bits per heavy atom. The molecule has 0 aliphatic carbocycles. The molecule has 1 aromatic heterocycles. The summed E-state index contributed by atoms with van der Waals surface area (Å²) in [5, 5.41) is 5.08. The van der Waals surface area contributed by atoms with Gasteiger partial charge in [-0.3, -0.25) is 9.69 Å². The molecule has 2 heterocycles. The summed E-state index contributed by atoms with van der Waals surface area (Å²) >= 11 is 1.55. The Hall–Kier alpha value is -1.60. The number of aryl methyl sites for hydroxylation is 1. The summed E-state index contributed by atoms with van der Waals surface area (Å²) in [6.07, 6.45) is 1.86. The van der Waals surface area contributed by atoms with E-state index in [0.717, 1.165) is 42.1 Å². The normalized spacial score (nSPS) is 17.2. The minimum atomic E-state index is -0.531. The van der Waals surface area contributed by atoms with Crippen molar-refractivity contribution in [2.24, 2.45) is 5.41 Å². The molecular weight excluding hydrogens is 374 g/mol. The standard InChI is InChI=1S/C21H35N3O3S/c1-15-14-28-16(12-23(7)19(26)27-20(2,3)4)18(15)22-17(25)13-24-10-8-21(5,6)9-11-24/h14H,8-13H2,1-7H3,(H,22,25). The number of nitrogens with one attached hydrogen (secondary N) is 1. The van der Waals surface area contributed by atoms with Gasteiger partial charge < -0.3 is 15.0 Å². The second kappa shape index (κ2) is 8.82. The van der Waals surface area contributed by atoms with Gasteiger partial charge in [-0.15, -0.1) is 11.3 Å². The SMILES string of the molecule is Cc1csc(CN(C)C(=O)OC(C)(C)C)c1NC(=O)CN1CCC(C)(C)CC1. The van der Waals surface area contributed by atoms with Crippen molar-refractivity contribution < 1.29 is 14.3 Å². The largest absolute Gasteiger partial charge is 0.444 e. The molecule has 1 N–H and O–H groups in total. The molecule has 0 atom stereocenters. The van der Waals surface area contributed by atoms with Gasteiger partial charge in [0.1, 0.15) is 5.60 Å². The first-order valence-corrected chi connectivity index (χ1v) is 10.8. The van der Waals surface area contributed by atoms with E-state index in [1.165, 1.54) is 0 Å². The zero-order valence-electron chi connectivity index (χ0n) is 18.3. The summed E-state index contributed by atoms with van der Waals surface area (Å²) in [6, 6.07) is 0. The second-order valence-electron chi connectivity index (χ2n) is 9.54. The minimum absolute atomic E-state index is 0.00220. The number of likely N-dealkylation sites (tertiary alicyclic amines) is 1. The highest BCUT2D eigenvalue weighted by atomic mass is 32.1. The van der Waals surface area contributed by atoms with Crippen molar-refractivity contribution in [2.45, 2.75) is 66.5 Å². The molecule has 1 fully saturated rings. The summed E-state index contributed by atoms with van der Waals surface area (Å²) in [5.74, 6) is 0.00220. The van der Waals surface area contributed by atoms with Crippen LogP contribution >= 0.6 is 11.3 Å². The number of nitrogens with zero attached hydrogens (tertiary/aromatic N) is 2. The summed E-state index contributed by atoms with van der Waals surface area (Å²) in [4.78, 5) is 29.5. The fourth-order valence-electron chi connectivity index (χ4n) is 3.10. The molecule has 1 aliphatic heterocycles. The fourth-order valence-corrected chi connectivity index (χ4v) is 4.14. The molecule has 158 valence electrons. The monoisotopic (exact) mass is 409 g/mol. The lowest BCUT2D eigenvalue weighted by atomic mass is 9.83. The van der Waals surface area contributed by atoms with E-state index in [2.05, 4.69) is 24.1 Å². The number of carbonyl (C=O) groups is 2.